The third kappa shape index (κ3) is 6.04. The molecule has 272 valence electrons. The lowest BCUT2D eigenvalue weighted by molar-refractivity contribution is -0.118. The van der Waals surface area contributed by atoms with Gasteiger partial charge < -0.3 is 20.3 Å². The van der Waals surface area contributed by atoms with Gasteiger partial charge in [-0.3, -0.25) is 9.78 Å². The first-order valence-corrected chi connectivity index (χ1v) is 18.9. The molecule has 1 amide bonds. The minimum absolute atomic E-state index is 0.00645. The average Bonchev–Trinajstić information content (AvgIpc) is 3.80. The highest BCUT2D eigenvalue weighted by molar-refractivity contribution is 7.89. The van der Waals surface area contributed by atoms with Crippen LogP contribution in [0.4, 0.5) is 20.3 Å². The number of anilines is 2. The number of amides is 1. The molecule has 3 aromatic carbocycles. The number of pyridine rings is 1. The second-order valence-corrected chi connectivity index (χ2v) is 15.4. The lowest BCUT2D eigenvalue weighted by Gasteiger charge is -2.34. The Morgan fingerprint density at radius 1 is 1.00 bits per heavy atom. The van der Waals surface area contributed by atoms with Crippen molar-refractivity contribution in [2.75, 3.05) is 29.9 Å². The Bertz CT molecular complexity index is 2630. The summed E-state index contributed by atoms with van der Waals surface area (Å²) in [5.74, 6) is 1.53. The van der Waals surface area contributed by atoms with Gasteiger partial charge in [0.2, 0.25) is 0 Å². The summed E-state index contributed by atoms with van der Waals surface area (Å²) in [5.41, 5.74) is 0.436. The second kappa shape index (κ2) is 13.1. The molecule has 2 N–H and O–H groups in total. The molecule has 2 atom stereocenters. The SMILES string of the molecule is C#Cc1c(F)ccc2cccc(-c3ncc4c(N5CC6CCC(C5)N6)nc(OCC(=O)Nc5ccc(S(=O)(=O)n6cnc(C7CC7)n6)cc5)nc4c3F)c12. The van der Waals surface area contributed by atoms with Crippen LogP contribution in [0.25, 0.3) is 32.9 Å². The highest BCUT2D eigenvalue weighted by Gasteiger charge is 2.34. The number of terminal acetylenes is 1. The van der Waals surface area contributed by atoms with Crippen molar-refractivity contribution in [2.45, 2.75) is 48.6 Å². The van der Waals surface area contributed by atoms with E-state index in [4.69, 9.17) is 11.2 Å². The molecule has 3 aromatic heterocycles. The Morgan fingerprint density at radius 2 is 1.78 bits per heavy atom. The van der Waals surface area contributed by atoms with E-state index in [0.717, 1.165) is 29.8 Å². The number of aromatic nitrogens is 6. The molecule has 5 heterocycles. The number of benzene rings is 3. The van der Waals surface area contributed by atoms with Crippen molar-refractivity contribution in [2.24, 2.45) is 0 Å². The standard InChI is InChI=1S/C38H31F2N9O4S/c1-2-27-30(39)15-8-21-4-3-5-28(32(21)27)34-33(40)35-29(16-41-34)37(48-17-24-9-10-25(18-48)43-24)46-38(45-35)53-19-31(50)44-23-11-13-26(14-12-23)54(51,52)49-20-42-36(47-49)22-6-7-22/h1,3-5,8,11-16,20,22,24-25,43H,6-7,9-10,17-19H2,(H,44,50). The Hall–Kier alpha value is -6.05. The van der Waals surface area contributed by atoms with Gasteiger partial charge in [-0.1, -0.05) is 30.2 Å². The van der Waals surface area contributed by atoms with Crippen molar-refractivity contribution in [3.8, 4) is 29.6 Å². The van der Waals surface area contributed by atoms with E-state index in [0.29, 0.717) is 52.1 Å². The molecule has 3 fully saturated rings. The van der Waals surface area contributed by atoms with E-state index in [1.165, 1.54) is 42.9 Å². The van der Waals surface area contributed by atoms with Crippen molar-refractivity contribution >= 4 is 49.1 Å². The highest BCUT2D eigenvalue weighted by atomic mass is 32.2. The predicted octanol–water partition coefficient (Wildman–Crippen LogP) is 4.77. The van der Waals surface area contributed by atoms with Crippen molar-refractivity contribution in [1.82, 2.24) is 34.4 Å². The molecule has 1 saturated carbocycles. The van der Waals surface area contributed by atoms with Gasteiger partial charge in [0, 0.05) is 53.9 Å². The number of fused-ring (bicyclic) bond motifs is 4. The van der Waals surface area contributed by atoms with Gasteiger partial charge in [-0.25, -0.2) is 13.8 Å². The number of carbonyl (C=O) groups is 1. The number of rotatable bonds is 9. The van der Waals surface area contributed by atoms with Crippen LogP contribution in [0.15, 0.2) is 72.0 Å². The lowest BCUT2D eigenvalue weighted by atomic mass is 9.96. The molecule has 2 saturated heterocycles. The Kier molecular flexibility index (Phi) is 8.20. The topological polar surface area (TPSA) is 157 Å². The molecule has 0 spiro atoms. The van der Waals surface area contributed by atoms with Gasteiger partial charge in [-0.05, 0) is 61.4 Å². The van der Waals surface area contributed by atoms with Gasteiger partial charge in [-0.2, -0.15) is 18.4 Å². The molecule has 13 nitrogen and oxygen atoms in total. The zero-order chi connectivity index (χ0) is 37.1. The van der Waals surface area contributed by atoms with E-state index >= 15 is 4.39 Å². The van der Waals surface area contributed by atoms with Gasteiger partial charge in [0.25, 0.3) is 15.9 Å². The Labute approximate surface area is 307 Å². The normalized spacial score (nSPS) is 18.2. The minimum atomic E-state index is -3.97. The first-order chi connectivity index (χ1) is 26.2. The number of halogens is 2. The maximum Gasteiger partial charge on any atom is 0.319 e. The third-order valence-corrected chi connectivity index (χ3v) is 11.5. The maximum absolute atomic E-state index is 16.7. The van der Waals surface area contributed by atoms with Crippen LogP contribution in [-0.4, -0.2) is 75.2 Å². The van der Waals surface area contributed by atoms with Gasteiger partial charge in [0.05, 0.1) is 15.8 Å². The summed E-state index contributed by atoms with van der Waals surface area (Å²) in [7, 11) is -3.97. The molecule has 54 heavy (non-hydrogen) atoms. The van der Waals surface area contributed by atoms with E-state index in [9.17, 15) is 17.6 Å². The van der Waals surface area contributed by atoms with E-state index in [1.807, 2.05) is 4.90 Å². The van der Waals surface area contributed by atoms with Crippen LogP contribution in [0.5, 0.6) is 6.01 Å². The zero-order valence-electron chi connectivity index (χ0n) is 28.5. The van der Waals surface area contributed by atoms with Gasteiger partial charge in [0.1, 0.15) is 29.2 Å². The van der Waals surface area contributed by atoms with Crippen LogP contribution in [0.1, 0.15) is 43.0 Å². The number of hydrogen-bond acceptors (Lipinski definition) is 11. The van der Waals surface area contributed by atoms with Crippen LogP contribution in [-0.2, 0) is 14.8 Å². The van der Waals surface area contributed by atoms with E-state index in [-0.39, 0.29) is 45.7 Å². The molecule has 6 aromatic rings. The van der Waals surface area contributed by atoms with E-state index in [2.05, 4.69) is 41.6 Å². The van der Waals surface area contributed by atoms with Crippen molar-refractivity contribution < 1.29 is 26.7 Å². The molecule has 16 heteroatoms. The van der Waals surface area contributed by atoms with Crippen molar-refractivity contribution in [3.63, 3.8) is 0 Å². The first-order valence-electron chi connectivity index (χ1n) is 17.4. The molecule has 2 unspecified atom stereocenters. The predicted molar refractivity (Wildman–Crippen MR) is 195 cm³/mol. The fourth-order valence-corrected chi connectivity index (χ4v) is 8.29. The fourth-order valence-electron chi connectivity index (χ4n) is 7.23. The number of carbonyl (C=O) groups excluding carboxylic acids is 1. The number of nitrogens with zero attached hydrogens (tertiary/aromatic N) is 7. The number of ether oxygens (including phenoxy) is 1. The van der Waals surface area contributed by atoms with Crippen LogP contribution < -0.4 is 20.3 Å². The molecule has 9 rings (SSSR count). The highest BCUT2D eigenvalue weighted by Crippen LogP contribution is 2.39. The zero-order valence-corrected chi connectivity index (χ0v) is 29.4. The number of hydrogen-bond donors (Lipinski definition) is 2. The van der Waals surface area contributed by atoms with Crippen molar-refractivity contribution in [3.05, 3.63) is 90.1 Å². The summed E-state index contributed by atoms with van der Waals surface area (Å²) < 4.78 is 64.3. The van der Waals surface area contributed by atoms with E-state index in [1.54, 1.807) is 24.3 Å². The van der Waals surface area contributed by atoms with Crippen LogP contribution in [0.2, 0.25) is 0 Å². The Balaban J connectivity index is 1.00. The van der Waals surface area contributed by atoms with Crippen LogP contribution in [0.3, 0.4) is 0 Å². The fraction of sp³-hybridized carbons (Fsp3) is 0.263. The van der Waals surface area contributed by atoms with Crippen LogP contribution in [0, 0.1) is 24.0 Å². The summed E-state index contributed by atoms with van der Waals surface area (Å²) in [4.78, 5) is 32.7. The maximum atomic E-state index is 16.7. The Morgan fingerprint density at radius 3 is 2.52 bits per heavy atom. The number of nitrogens with one attached hydrogen (secondary N) is 2. The lowest BCUT2D eigenvalue weighted by Crippen LogP contribution is -2.51. The summed E-state index contributed by atoms with van der Waals surface area (Å²) in [6, 6.07) is 13.8. The third-order valence-electron chi connectivity index (χ3n) is 10.0. The molecule has 3 aliphatic rings. The smallest absolute Gasteiger partial charge is 0.319 e. The minimum Gasteiger partial charge on any atom is -0.453 e. The van der Waals surface area contributed by atoms with Crippen LogP contribution >= 0.6 is 0 Å². The quantitative estimate of drug-likeness (QED) is 0.197. The molecule has 0 radical (unpaired) electrons. The number of piperazine rings is 1. The van der Waals surface area contributed by atoms with Gasteiger partial charge in [0.15, 0.2) is 18.2 Å². The largest absolute Gasteiger partial charge is 0.453 e. The summed E-state index contributed by atoms with van der Waals surface area (Å²) in [5, 5.41) is 11.7. The van der Waals surface area contributed by atoms with E-state index < -0.39 is 34.2 Å². The molecule has 2 aliphatic heterocycles. The summed E-state index contributed by atoms with van der Waals surface area (Å²) >= 11 is 0. The molecule has 2 bridgehead atoms. The molecular formula is C38H31F2N9O4S. The summed E-state index contributed by atoms with van der Waals surface area (Å²) in [6.07, 6.45) is 12.2. The van der Waals surface area contributed by atoms with Gasteiger partial charge >= 0.3 is 6.01 Å². The summed E-state index contributed by atoms with van der Waals surface area (Å²) in [6.45, 7) is 0.698. The second-order valence-electron chi connectivity index (χ2n) is 13.6. The van der Waals surface area contributed by atoms with Gasteiger partial charge in [-0.15, -0.1) is 15.6 Å². The molecular weight excluding hydrogens is 717 g/mol. The molecule has 1 aliphatic carbocycles. The van der Waals surface area contributed by atoms with Crippen molar-refractivity contribution in [1.29, 1.82) is 0 Å². The first kappa shape index (κ1) is 33.8. The average molecular weight is 748 g/mol. The monoisotopic (exact) mass is 747 g/mol.